The summed E-state index contributed by atoms with van der Waals surface area (Å²) in [5.74, 6) is 0.835. The van der Waals surface area contributed by atoms with E-state index in [1.807, 2.05) is 0 Å². The first kappa shape index (κ1) is 14.9. The standard InChI is InChI=1S/C18H29N3/c1-14-5-4-6-18(16(14)3)21-11-9-20(10-12-21)13-17-15(2)7-8-19-17/h4-6,15,17,19H,7-13H2,1-3H3. The van der Waals surface area contributed by atoms with E-state index in [0.717, 1.165) is 19.0 Å². The molecular weight excluding hydrogens is 258 g/mol. The molecule has 0 amide bonds. The molecule has 2 aliphatic rings. The lowest BCUT2D eigenvalue weighted by molar-refractivity contribution is 0.222. The summed E-state index contributed by atoms with van der Waals surface area (Å²) in [4.78, 5) is 5.20. The Kier molecular flexibility index (Phi) is 4.51. The highest BCUT2D eigenvalue weighted by Gasteiger charge is 2.26. The Morgan fingerprint density at radius 2 is 1.90 bits per heavy atom. The van der Waals surface area contributed by atoms with Crippen LogP contribution in [0.3, 0.4) is 0 Å². The van der Waals surface area contributed by atoms with Crippen LogP contribution in [0.15, 0.2) is 18.2 Å². The third kappa shape index (κ3) is 3.24. The van der Waals surface area contributed by atoms with Gasteiger partial charge in [0.05, 0.1) is 0 Å². The maximum atomic E-state index is 3.66. The highest BCUT2D eigenvalue weighted by Crippen LogP contribution is 2.24. The Balaban J connectivity index is 1.56. The van der Waals surface area contributed by atoms with Gasteiger partial charge in [-0.1, -0.05) is 19.1 Å². The smallest absolute Gasteiger partial charge is 0.0399 e. The summed E-state index contributed by atoms with van der Waals surface area (Å²) in [6, 6.07) is 7.38. The van der Waals surface area contributed by atoms with E-state index in [-0.39, 0.29) is 0 Å². The second-order valence-corrected chi connectivity index (χ2v) is 6.83. The SMILES string of the molecule is Cc1cccc(N2CCN(CC3NCCC3C)CC2)c1C. The number of hydrogen-bond acceptors (Lipinski definition) is 3. The molecule has 2 heterocycles. The molecule has 2 saturated heterocycles. The number of nitrogens with zero attached hydrogens (tertiary/aromatic N) is 2. The van der Waals surface area contributed by atoms with Crippen LogP contribution in [0.2, 0.25) is 0 Å². The van der Waals surface area contributed by atoms with E-state index in [2.05, 4.69) is 54.1 Å². The number of hydrogen-bond donors (Lipinski definition) is 1. The van der Waals surface area contributed by atoms with Crippen LogP contribution in [-0.2, 0) is 0 Å². The van der Waals surface area contributed by atoms with Gasteiger partial charge >= 0.3 is 0 Å². The molecule has 116 valence electrons. The molecular formula is C18H29N3. The van der Waals surface area contributed by atoms with E-state index in [9.17, 15) is 0 Å². The lowest BCUT2D eigenvalue weighted by atomic mass is 10.0. The van der Waals surface area contributed by atoms with Crippen molar-refractivity contribution in [3.8, 4) is 0 Å². The Hall–Kier alpha value is -1.06. The minimum absolute atomic E-state index is 0.706. The van der Waals surface area contributed by atoms with E-state index in [4.69, 9.17) is 0 Å². The summed E-state index contributed by atoms with van der Waals surface area (Å²) in [6.45, 7) is 14.0. The van der Waals surface area contributed by atoms with Crippen molar-refractivity contribution < 1.29 is 0 Å². The monoisotopic (exact) mass is 287 g/mol. The van der Waals surface area contributed by atoms with Gasteiger partial charge in [0.25, 0.3) is 0 Å². The molecule has 3 rings (SSSR count). The lowest BCUT2D eigenvalue weighted by Gasteiger charge is -2.38. The number of aryl methyl sites for hydroxylation is 1. The molecule has 2 fully saturated rings. The molecule has 0 aliphatic carbocycles. The third-order valence-corrected chi connectivity index (χ3v) is 5.44. The van der Waals surface area contributed by atoms with Crippen LogP contribution in [0, 0.1) is 19.8 Å². The Morgan fingerprint density at radius 3 is 2.57 bits per heavy atom. The molecule has 0 spiro atoms. The lowest BCUT2D eigenvalue weighted by Crippen LogP contribution is -2.50. The largest absolute Gasteiger partial charge is 0.369 e. The van der Waals surface area contributed by atoms with E-state index < -0.39 is 0 Å². The molecule has 1 aromatic rings. The summed E-state index contributed by atoms with van der Waals surface area (Å²) in [5.41, 5.74) is 4.28. The first-order chi connectivity index (χ1) is 10.1. The number of rotatable bonds is 3. The molecule has 0 bridgehead atoms. The van der Waals surface area contributed by atoms with Gasteiger partial charge in [-0.05, 0) is 49.9 Å². The van der Waals surface area contributed by atoms with Gasteiger partial charge in [0, 0.05) is 44.5 Å². The molecule has 0 saturated carbocycles. The fraction of sp³-hybridized carbons (Fsp3) is 0.667. The Bertz CT molecular complexity index is 477. The van der Waals surface area contributed by atoms with Crippen LogP contribution in [0.5, 0.6) is 0 Å². The maximum absolute atomic E-state index is 3.66. The van der Waals surface area contributed by atoms with Crippen molar-refractivity contribution in [1.82, 2.24) is 10.2 Å². The van der Waals surface area contributed by atoms with Crippen LogP contribution in [0.4, 0.5) is 5.69 Å². The van der Waals surface area contributed by atoms with E-state index in [1.165, 1.54) is 49.4 Å². The van der Waals surface area contributed by atoms with Gasteiger partial charge in [-0.2, -0.15) is 0 Å². The topological polar surface area (TPSA) is 18.5 Å². The van der Waals surface area contributed by atoms with Crippen LogP contribution in [0.25, 0.3) is 0 Å². The van der Waals surface area contributed by atoms with Gasteiger partial charge < -0.3 is 10.2 Å². The molecule has 1 aromatic carbocycles. The second-order valence-electron chi connectivity index (χ2n) is 6.83. The zero-order valence-electron chi connectivity index (χ0n) is 13.7. The molecule has 0 aromatic heterocycles. The van der Waals surface area contributed by atoms with Crippen molar-refractivity contribution in [1.29, 1.82) is 0 Å². The molecule has 0 radical (unpaired) electrons. The summed E-state index contributed by atoms with van der Waals surface area (Å²) < 4.78 is 0. The number of nitrogens with one attached hydrogen (secondary N) is 1. The van der Waals surface area contributed by atoms with Gasteiger partial charge in [-0.15, -0.1) is 0 Å². The molecule has 2 atom stereocenters. The zero-order chi connectivity index (χ0) is 14.8. The molecule has 3 nitrogen and oxygen atoms in total. The summed E-state index contributed by atoms with van der Waals surface area (Å²) in [7, 11) is 0. The van der Waals surface area contributed by atoms with Gasteiger partial charge in [0.1, 0.15) is 0 Å². The molecule has 2 aliphatic heterocycles. The van der Waals surface area contributed by atoms with Gasteiger partial charge in [0.2, 0.25) is 0 Å². The Morgan fingerprint density at radius 1 is 1.14 bits per heavy atom. The summed E-state index contributed by atoms with van der Waals surface area (Å²) >= 11 is 0. The van der Waals surface area contributed by atoms with Crippen LogP contribution in [0.1, 0.15) is 24.5 Å². The quantitative estimate of drug-likeness (QED) is 0.921. The maximum Gasteiger partial charge on any atom is 0.0399 e. The number of piperazine rings is 1. The van der Waals surface area contributed by atoms with Crippen molar-refractivity contribution in [2.45, 2.75) is 33.2 Å². The van der Waals surface area contributed by atoms with Crippen molar-refractivity contribution >= 4 is 5.69 Å². The number of benzene rings is 1. The van der Waals surface area contributed by atoms with Crippen molar-refractivity contribution in [2.24, 2.45) is 5.92 Å². The third-order valence-electron chi connectivity index (χ3n) is 5.44. The highest BCUT2D eigenvalue weighted by atomic mass is 15.3. The van der Waals surface area contributed by atoms with E-state index in [1.54, 1.807) is 0 Å². The zero-order valence-corrected chi connectivity index (χ0v) is 13.7. The fourth-order valence-electron chi connectivity index (χ4n) is 3.67. The molecule has 2 unspecified atom stereocenters. The molecule has 21 heavy (non-hydrogen) atoms. The predicted molar refractivity (Wildman–Crippen MR) is 90.1 cm³/mol. The van der Waals surface area contributed by atoms with Crippen LogP contribution in [-0.4, -0.2) is 50.2 Å². The molecule has 3 heteroatoms. The van der Waals surface area contributed by atoms with Crippen LogP contribution < -0.4 is 10.2 Å². The minimum atomic E-state index is 0.706. The second kappa shape index (κ2) is 6.37. The van der Waals surface area contributed by atoms with Crippen molar-refractivity contribution in [3.63, 3.8) is 0 Å². The summed E-state index contributed by atoms with van der Waals surface area (Å²) in [5, 5.41) is 3.66. The first-order valence-corrected chi connectivity index (χ1v) is 8.42. The highest BCUT2D eigenvalue weighted by molar-refractivity contribution is 5.56. The minimum Gasteiger partial charge on any atom is -0.369 e. The average molecular weight is 287 g/mol. The van der Waals surface area contributed by atoms with Crippen LogP contribution >= 0.6 is 0 Å². The fourth-order valence-corrected chi connectivity index (χ4v) is 3.67. The average Bonchev–Trinajstić information content (AvgIpc) is 2.88. The van der Waals surface area contributed by atoms with Gasteiger partial charge in [-0.3, -0.25) is 4.90 Å². The normalized spacial score (nSPS) is 27.3. The predicted octanol–water partition coefficient (Wildman–Crippen LogP) is 2.42. The summed E-state index contributed by atoms with van der Waals surface area (Å²) in [6.07, 6.45) is 1.34. The van der Waals surface area contributed by atoms with Gasteiger partial charge in [0.15, 0.2) is 0 Å². The first-order valence-electron chi connectivity index (χ1n) is 8.42. The van der Waals surface area contributed by atoms with E-state index in [0.29, 0.717) is 6.04 Å². The van der Waals surface area contributed by atoms with Crippen molar-refractivity contribution in [3.05, 3.63) is 29.3 Å². The molecule has 1 N–H and O–H groups in total. The Labute approximate surface area is 129 Å². The van der Waals surface area contributed by atoms with Gasteiger partial charge in [-0.25, -0.2) is 0 Å². The van der Waals surface area contributed by atoms with E-state index >= 15 is 0 Å². The van der Waals surface area contributed by atoms with Crippen molar-refractivity contribution in [2.75, 3.05) is 44.2 Å². The number of anilines is 1.